The van der Waals surface area contributed by atoms with Crippen LogP contribution in [0.25, 0.3) is 10.4 Å². The maximum atomic E-state index is 7.97. The molecule has 43 valence electrons. The largest absolute Gasteiger partial charge is 0.0608 e. The minimum atomic E-state index is 0.622. The highest BCUT2D eigenvalue weighted by Crippen LogP contribution is 2.08. The average molecular weight is 118 g/mol. The van der Waals surface area contributed by atoms with Crippen molar-refractivity contribution in [2.75, 3.05) is 0 Å². The van der Waals surface area contributed by atoms with Crippen molar-refractivity contribution in [3.63, 3.8) is 0 Å². The standard InChI is InChI=1S/C6H4N3/c7-9-8-6-4-2-1-3-5-6/h2-5H. The molecule has 0 aliphatic rings. The van der Waals surface area contributed by atoms with Crippen molar-refractivity contribution in [3.05, 3.63) is 40.8 Å². The van der Waals surface area contributed by atoms with E-state index in [4.69, 9.17) is 5.53 Å². The van der Waals surface area contributed by atoms with Gasteiger partial charge in [0.1, 0.15) is 0 Å². The minimum absolute atomic E-state index is 0.622. The van der Waals surface area contributed by atoms with Crippen LogP contribution in [-0.2, 0) is 0 Å². The van der Waals surface area contributed by atoms with Gasteiger partial charge >= 0.3 is 0 Å². The number of benzene rings is 1. The molecule has 0 saturated heterocycles. The summed E-state index contributed by atoms with van der Waals surface area (Å²) in [5.74, 6) is 0. The molecule has 0 aliphatic heterocycles. The molecule has 3 nitrogen and oxygen atoms in total. The second kappa shape index (κ2) is 2.74. The third kappa shape index (κ3) is 1.48. The first-order valence-corrected chi connectivity index (χ1v) is 2.44. The van der Waals surface area contributed by atoms with Crippen LogP contribution in [0.1, 0.15) is 0 Å². The number of azide groups is 1. The predicted molar refractivity (Wildman–Crippen MR) is 34.1 cm³/mol. The van der Waals surface area contributed by atoms with E-state index in [0.717, 1.165) is 0 Å². The van der Waals surface area contributed by atoms with Crippen molar-refractivity contribution in [2.45, 2.75) is 0 Å². The molecule has 9 heavy (non-hydrogen) atoms. The van der Waals surface area contributed by atoms with Crippen LogP contribution in [-0.4, -0.2) is 0 Å². The Morgan fingerprint density at radius 2 is 2.11 bits per heavy atom. The van der Waals surface area contributed by atoms with Crippen molar-refractivity contribution in [3.8, 4) is 0 Å². The van der Waals surface area contributed by atoms with Crippen molar-refractivity contribution < 1.29 is 0 Å². The molecule has 0 amide bonds. The van der Waals surface area contributed by atoms with E-state index in [0.29, 0.717) is 5.69 Å². The Kier molecular flexibility index (Phi) is 1.73. The van der Waals surface area contributed by atoms with Crippen LogP contribution in [0.4, 0.5) is 5.69 Å². The summed E-state index contributed by atoms with van der Waals surface area (Å²) in [6.45, 7) is 0. The Morgan fingerprint density at radius 1 is 1.44 bits per heavy atom. The van der Waals surface area contributed by atoms with Crippen molar-refractivity contribution in [1.82, 2.24) is 0 Å². The van der Waals surface area contributed by atoms with E-state index in [9.17, 15) is 0 Å². The first-order chi connectivity index (χ1) is 4.43. The third-order valence-corrected chi connectivity index (χ3v) is 0.861. The van der Waals surface area contributed by atoms with Gasteiger partial charge in [-0.1, -0.05) is 29.4 Å². The van der Waals surface area contributed by atoms with Crippen LogP contribution in [0, 0.1) is 6.07 Å². The molecule has 0 aromatic heterocycles. The zero-order chi connectivity index (χ0) is 6.53. The molecule has 0 saturated carbocycles. The lowest BCUT2D eigenvalue weighted by molar-refractivity contribution is 1.48. The third-order valence-electron chi connectivity index (χ3n) is 0.861. The predicted octanol–water partition coefficient (Wildman–Crippen LogP) is 2.43. The molecule has 1 rings (SSSR count). The van der Waals surface area contributed by atoms with Gasteiger partial charge in [-0.05, 0) is 11.6 Å². The summed E-state index contributed by atoms with van der Waals surface area (Å²) in [7, 11) is 0. The lowest BCUT2D eigenvalue weighted by atomic mass is 10.3. The van der Waals surface area contributed by atoms with Crippen molar-refractivity contribution in [2.24, 2.45) is 5.11 Å². The van der Waals surface area contributed by atoms with E-state index < -0.39 is 0 Å². The molecule has 0 unspecified atom stereocenters. The monoisotopic (exact) mass is 118 g/mol. The summed E-state index contributed by atoms with van der Waals surface area (Å²) in [4.78, 5) is 2.62. The van der Waals surface area contributed by atoms with Gasteiger partial charge in [-0.25, -0.2) is 0 Å². The molecule has 1 aromatic rings. The Bertz CT molecular complexity index is 223. The summed E-state index contributed by atoms with van der Waals surface area (Å²) >= 11 is 0. The lowest BCUT2D eigenvalue weighted by Crippen LogP contribution is -1.57. The van der Waals surface area contributed by atoms with Crippen LogP contribution in [0.3, 0.4) is 0 Å². The number of hydrogen-bond acceptors (Lipinski definition) is 1. The fourth-order valence-electron chi connectivity index (χ4n) is 0.496. The van der Waals surface area contributed by atoms with Gasteiger partial charge in [0.15, 0.2) is 0 Å². The van der Waals surface area contributed by atoms with Crippen molar-refractivity contribution >= 4 is 5.69 Å². The maximum absolute atomic E-state index is 7.97. The van der Waals surface area contributed by atoms with E-state index in [-0.39, 0.29) is 0 Å². The SMILES string of the molecule is [N-]=[N+]=Nc1cc[c]cc1. The second-order valence-corrected chi connectivity index (χ2v) is 1.45. The van der Waals surface area contributed by atoms with Gasteiger partial charge in [0.25, 0.3) is 0 Å². The van der Waals surface area contributed by atoms with E-state index in [2.05, 4.69) is 16.1 Å². The Hall–Kier alpha value is -1.47. The first kappa shape index (κ1) is 5.66. The average Bonchev–Trinajstić information content (AvgIpc) is 1.91. The van der Waals surface area contributed by atoms with Crippen LogP contribution >= 0.6 is 0 Å². The highest BCUT2D eigenvalue weighted by molar-refractivity contribution is 5.34. The van der Waals surface area contributed by atoms with Gasteiger partial charge in [-0.15, -0.1) is 0 Å². The zero-order valence-corrected chi connectivity index (χ0v) is 4.65. The topological polar surface area (TPSA) is 48.8 Å². The van der Waals surface area contributed by atoms with E-state index in [1.807, 2.05) is 0 Å². The number of hydrogen-bond donors (Lipinski definition) is 0. The molecule has 1 radical (unpaired) electrons. The first-order valence-electron chi connectivity index (χ1n) is 2.44. The number of rotatable bonds is 1. The molecule has 0 spiro atoms. The smallest absolute Gasteiger partial charge is 0.0375 e. The van der Waals surface area contributed by atoms with Crippen LogP contribution in [0.15, 0.2) is 29.4 Å². The molecule has 0 N–H and O–H groups in total. The summed E-state index contributed by atoms with van der Waals surface area (Å²) in [6.07, 6.45) is 0. The Morgan fingerprint density at radius 3 is 2.67 bits per heavy atom. The van der Waals surface area contributed by atoms with Crippen LogP contribution in [0.5, 0.6) is 0 Å². The Labute approximate surface area is 52.6 Å². The van der Waals surface area contributed by atoms with Gasteiger partial charge < -0.3 is 0 Å². The summed E-state index contributed by atoms with van der Waals surface area (Å²) in [6, 6.07) is 9.59. The molecule has 0 atom stereocenters. The molecule has 0 bridgehead atoms. The molecular formula is C6H4N3. The molecule has 1 aromatic carbocycles. The lowest BCUT2D eigenvalue weighted by Gasteiger charge is -1.83. The number of nitrogens with zero attached hydrogens (tertiary/aromatic N) is 3. The molecular weight excluding hydrogens is 114 g/mol. The normalized spacial score (nSPS) is 8.00. The second-order valence-electron chi connectivity index (χ2n) is 1.45. The molecule has 3 heteroatoms. The van der Waals surface area contributed by atoms with Gasteiger partial charge in [0.2, 0.25) is 0 Å². The summed E-state index contributed by atoms with van der Waals surface area (Å²) in [5, 5.41) is 3.37. The fraction of sp³-hybridized carbons (Fsp3) is 0. The van der Waals surface area contributed by atoms with Gasteiger partial charge in [0.05, 0.1) is 0 Å². The highest BCUT2D eigenvalue weighted by atomic mass is 15.1. The zero-order valence-electron chi connectivity index (χ0n) is 4.65. The fourth-order valence-corrected chi connectivity index (χ4v) is 0.496. The quantitative estimate of drug-likeness (QED) is 0.309. The van der Waals surface area contributed by atoms with E-state index in [1.54, 1.807) is 24.3 Å². The van der Waals surface area contributed by atoms with Crippen molar-refractivity contribution in [1.29, 1.82) is 0 Å². The van der Waals surface area contributed by atoms with Gasteiger partial charge in [0, 0.05) is 10.6 Å². The molecule has 0 fully saturated rings. The van der Waals surface area contributed by atoms with E-state index in [1.165, 1.54) is 0 Å². The highest BCUT2D eigenvalue weighted by Gasteiger charge is 1.79. The van der Waals surface area contributed by atoms with Gasteiger partial charge in [-0.2, -0.15) is 0 Å². The maximum Gasteiger partial charge on any atom is 0.0375 e. The van der Waals surface area contributed by atoms with Crippen LogP contribution in [0.2, 0.25) is 0 Å². The Balaban J connectivity index is 2.97. The summed E-state index contributed by atoms with van der Waals surface area (Å²) in [5.41, 5.74) is 8.59. The molecule has 0 aliphatic carbocycles. The molecule has 0 heterocycles. The summed E-state index contributed by atoms with van der Waals surface area (Å²) < 4.78 is 0. The minimum Gasteiger partial charge on any atom is -0.0608 e. The van der Waals surface area contributed by atoms with E-state index >= 15 is 0 Å². The van der Waals surface area contributed by atoms with Gasteiger partial charge in [-0.3, -0.25) is 0 Å². The van der Waals surface area contributed by atoms with Crippen LogP contribution < -0.4 is 0 Å².